The van der Waals surface area contributed by atoms with Gasteiger partial charge in [-0.15, -0.1) is 0 Å². The summed E-state index contributed by atoms with van der Waals surface area (Å²) in [6.07, 6.45) is 54.9. The van der Waals surface area contributed by atoms with E-state index in [9.17, 15) is 19.8 Å². The molecule has 3 unspecified atom stereocenters. The molecule has 59 heavy (non-hydrogen) atoms. The molecule has 0 rings (SSSR count). The van der Waals surface area contributed by atoms with Crippen molar-refractivity contribution in [3.63, 3.8) is 0 Å². The Balaban J connectivity index is 4.57. The van der Waals surface area contributed by atoms with Gasteiger partial charge in [0.05, 0.1) is 25.2 Å². The molecule has 0 aliphatic heterocycles. The van der Waals surface area contributed by atoms with Crippen molar-refractivity contribution < 1.29 is 24.5 Å². The molecular weight excluding hydrogens is 731 g/mol. The Morgan fingerprint density at radius 2 is 0.881 bits per heavy atom. The molecule has 0 radical (unpaired) electrons. The van der Waals surface area contributed by atoms with Crippen molar-refractivity contribution in [3.8, 4) is 0 Å². The van der Waals surface area contributed by atoms with Gasteiger partial charge in [-0.1, -0.05) is 211 Å². The highest BCUT2D eigenvalue weighted by Crippen LogP contribution is 2.17. The predicted molar refractivity (Wildman–Crippen MR) is 255 cm³/mol. The third-order valence-corrected chi connectivity index (χ3v) is 11.7. The summed E-state index contributed by atoms with van der Waals surface area (Å²) in [5.41, 5.74) is 0. The molecule has 0 aromatic carbocycles. The molecule has 0 aliphatic carbocycles. The normalized spacial score (nSPS) is 13.5. The summed E-state index contributed by atoms with van der Waals surface area (Å²) >= 11 is 0. The second-order valence-electron chi connectivity index (χ2n) is 17.6. The van der Waals surface area contributed by atoms with Gasteiger partial charge in [-0.25, -0.2) is 0 Å². The lowest BCUT2D eigenvalue weighted by molar-refractivity contribution is -0.151. The number of unbranched alkanes of at least 4 members (excludes halogenated alkanes) is 28. The van der Waals surface area contributed by atoms with Gasteiger partial charge in [0.15, 0.2) is 0 Å². The van der Waals surface area contributed by atoms with E-state index in [1.165, 1.54) is 148 Å². The first kappa shape index (κ1) is 57.1. The van der Waals surface area contributed by atoms with E-state index in [2.05, 4.69) is 62.5 Å². The number of rotatable bonds is 46. The van der Waals surface area contributed by atoms with Gasteiger partial charge in [0.2, 0.25) is 5.91 Å². The highest BCUT2D eigenvalue weighted by Gasteiger charge is 2.24. The smallest absolute Gasteiger partial charge is 0.306 e. The number of aliphatic hydroxyl groups excluding tert-OH is 2. The van der Waals surface area contributed by atoms with Crippen LogP contribution in [0.5, 0.6) is 0 Å². The molecule has 0 aromatic rings. The molecule has 6 heteroatoms. The molecule has 346 valence electrons. The summed E-state index contributed by atoms with van der Waals surface area (Å²) in [5.74, 6) is -0.505. The second kappa shape index (κ2) is 47.1. The fourth-order valence-corrected chi connectivity index (χ4v) is 7.76. The first-order valence-electron chi connectivity index (χ1n) is 25.7. The third kappa shape index (κ3) is 42.6. The number of carbonyl (C=O) groups excluding carboxylic acids is 2. The minimum absolute atomic E-state index is 0.0556. The summed E-state index contributed by atoms with van der Waals surface area (Å²) in [5, 5.41) is 23.7. The summed E-state index contributed by atoms with van der Waals surface area (Å²) in [6, 6.07) is -0.708. The van der Waals surface area contributed by atoms with Crippen LogP contribution in [0.4, 0.5) is 0 Å². The number of hydrogen-bond acceptors (Lipinski definition) is 5. The molecule has 0 fully saturated rings. The zero-order valence-corrected chi connectivity index (χ0v) is 39.4. The van der Waals surface area contributed by atoms with E-state index in [0.29, 0.717) is 19.3 Å². The molecular formula is C53H99NO5. The maximum atomic E-state index is 13.2. The SMILES string of the molecule is CCCCC/C=C\C/C=C\CCCCCCCCCC(=O)OC(CCC/C=C\CCCCCCCCC)CC(=O)NC(CO)C(O)CCCCCCCCCCCCC. The van der Waals surface area contributed by atoms with Crippen molar-refractivity contribution in [1.82, 2.24) is 5.32 Å². The van der Waals surface area contributed by atoms with Crippen molar-refractivity contribution in [3.05, 3.63) is 36.5 Å². The van der Waals surface area contributed by atoms with Crippen LogP contribution in [0.2, 0.25) is 0 Å². The van der Waals surface area contributed by atoms with Gasteiger partial charge in [0.1, 0.15) is 6.10 Å². The Bertz CT molecular complexity index is 977. The van der Waals surface area contributed by atoms with Crippen molar-refractivity contribution >= 4 is 11.9 Å². The van der Waals surface area contributed by atoms with Crippen LogP contribution in [-0.2, 0) is 14.3 Å². The van der Waals surface area contributed by atoms with E-state index in [1.807, 2.05) is 0 Å². The second-order valence-corrected chi connectivity index (χ2v) is 17.6. The van der Waals surface area contributed by atoms with Crippen LogP contribution in [0.15, 0.2) is 36.5 Å². The molecule has 6 nitrogen and oxygen atoms in total. The number of carbonyl (C=O) groups is 2. The first-order valence-corrected chi connectivity index (χ1v) is 25.7. The first-order chi connectivity index (χ1) is 29.0. The number of esters is 1. The molecule has 3 N–H and O–H groups in total. The number of aliphatic hydroxyl groups is 2. The highest BCUT2D eigenvalue weighted by molar-refractivity contribution is 5.77. The molecule has 0 bridgehead atoms. The highest BCUT2D eigenvalue weighted by atomic mass is 16.5. The van der Waals surface area contributed by atoms with Gasteiger partial charge in [-0.3, -0.25) is 9.59 Å². The van der Waals surface area contributed by atoms with Crippen LogP contribution in [-0.4, -0.2) is 46.9 Å². The maximum Gasteiger partial charge on any atom is 0.306 e. The summed E-state index contributed by atoms with van der Waals surface area (Å²) < 4.78 is 5.91. The molecule has 3 atom stereocenters. The number of nitrogens with one attached hydrogen (secondary N) is 1. The van der Waals surface area contributed by atoms with E-state index in [0.717, 1.165) is 70.6 Å². The Labute approximate surface area is 366 Å². The average Bonchev–Trinajstić information content (AvgIpc) is 3.23. The maximum absolute atomic E-state index is 13.2. The molecule has 0 saturated heterocycles. The lowest BCUT2D eigenvalue weighted by Crippen LogP contribution is -2.46. The van der Waals surface area contributed by atoms with Gasteiger partial charge in [-0.05, 0) is 77.0 Å². The van der Waals surface area contributed by atoms with Crippen molar-refractivity contribution in [2.24, 2.45) is 0 Å². The van der Waals surface area contributed by atoms with Crippen LogP contribution in [0, 0.1) is 0 Å². The Morgan fingerprint density at radius 3 is 1.37 bits per heavy atom. The van der Waals surface area contributed by atoms with Gasteiger partial charge in [0.25, 0.3) is 0 Å². The van der Waals surface area contributed by atoms with Crippen LogP contribution in [0.25, 0.3) is 0 Å². The van der Waals surface area contributed by atoms with Gasteiger partial charge < -0.3 is 20.3 Å². The van der Waals surface area contributed by atoms with Gasteiger partial charge >= 0.3 is 5.97 Å². The number of hydrogen-bond donors (Lipinski definition) is 3. The fourth-order valence-electron chi connectivity index (χ4n) is 7.76. The lowest BCUT2D eigenvalue weighted by Gasteiger charge is -2.24. The Kier molecular flexibility index (Phi) is 45.6. The van der Waals surface area contributed by atoms with Crippen LogP contribution < -0.4 is 5.32 Å². The Morgan fingerprint density at radius 1 is 0.492 bits per heavy atom. The summed E-state index contributed by atoms with van der Waals surface area (Å²) in [4.78, 5) is 26.1. The zero-order chi connectivity index (χ0) is 43.1. The van der Waals surface area contributed by atoms with E-state index in [4.69, 9.17) is 4.74 Å². The van der Waals surface area contributed by atoms with Gasteiger partial charge in [-0.2, -0.15) is 0 Å². The van der Waals surface area contributed by atoms with Crippen LogP contribution in [0.1, 0.15) is 265 Å². The van der Waals surface area contributed by atoms with Crippen LogP contribution >= 0.6 is 0 Å². The quantitative estimate of drug-likeness (QED) is 0.0323. The zero-order valence-electron chi connectivity index (χ0n) is 39.4. The largest absolute Gasteiger partial charge is 0.462 e. The van der Waals surface area contributed by atoms with Crippen molar-refractivity contribution in [1.29, 1.82) is 0 Å². The lowest BCUT2D eigenvalue weighted by atomic mass is 10.0. The molecule has 0 spiro atoms. The topological polar surface area (TPSA) is 95.9 Å². The van der Waals surface area contributed by atoms with E-state index in [-0.39, 0.29) is 24.9 Å². The summed E-state index contributed by atoms with van der Waals surface area (Å²) in [6.45, 7) is 6.44. The molecule has 0 aromatic heterocycles. The molecule has 0 heterocycles. The standard InChI is InChI=1S/C53H99NO5/c1-4-7-10-13-16-19-22-24-25-26-27-28-31-34-37-40-43-46-53(58)59-49(44-41-38-35-32-30-23-20-17-14-11-8-5-2)47-52(57)54-50(48-55)51(56)45-42-39-36-33-29-21-18-15-12-9-6-3/h16,19,24-25,32,35,49-51,55-56H,4-15,17-18,20-23,26-31,33-34,36-48H2,1-3H3,(H,54,57)/b19-16-,25-24-,35-32-. The number of amides is 1. The number of ether oxygens (including phenoxy) is 1. The molecule has 0 saturated carbocycles. The van der Waals surface area contributed by atoms with E-state index < -0.39 is 18.2 Å². The molecule has 0 aliphatic rings. The minimum atomic E-state index is -0.792. The average molecular weight is 830 g/mol. The van der Waals surface area contributed by atoms with Crippen molar-refractivity contribution in [2.45, 2.75) is 283 Å². The molecule has 1 amide bonds. The third-order valence-electron chi connectivity index (χ3n) is 11.7. The van der Waals surface area contributed by atoms with Crippen LogP contribution in [0.3, 0.4) is 0 Å². The minimum Gasteiger partial charge on any atom is -0.462 e. The van der Waals surface area contributed by atoms with E-state index in [1.54, 1.807) is 0 Å². The fraction of sp³-hybridized carbons (Fsp3) is 0.849. The van der Waals surface area contributed by atoms with Crippen molar-refractivity contribution in [2.75, 3.05) is 6.61 Å². The summed E-state index contributed by atoms with van der Waals surface area (Å²) in [7, 11) is 0. The number of allylic oxidation sites excluding steroid dienone is 6. The van der Waals surface area contributed by atoms with E-state index >= 15 is 0 Å². The predicted octanol–water partition coefficient (Wildman–Crippen LogP) is 15.3. The van der Waals surface area contributed by atoms with Gasteiger partial charge in [0, 0.05) is 6.42 Å². The monoisotopic (exact) mass is 830 g/mol. The Hall–Kier alpha value is -1.92.